The van der Waals surface area contributed by atoms with Crippen LogP contribution in [0.5, 0.6) is 0 Å². The van der Waals surface area contributed by atoms with Crippen LogP contribution in [0.15, 0.2) is 79.0 Å². The molecule has 6 heteroatoms. The second kappa shape index (κ2) is 8.89. The van der Waals surface area contributed by atoms with Crippen LogP contribution in [0, 0.1) is 11.8 Å². The fourth-order valence-corrected chi connectivity index (χ4v) is 2.39. The van der Waals surface area contributed by atoms with E-state index in [1.165, 1.54) is 24.3 Å². The maximum Gasteiger partial charge on any atom is 0.416 e. The van der Waals surface area contributed by atoms with Crippen LogP contribution in [0.25, 0.3) is 6.08 Å². The molecule has 3 nitrogen and oxygen atoms in total. The highest BCUT2D eigenvalue weighted by Gasteiger charge is 2.29. The van der Waals surface area contributed by atoms with Crippen molar-refractivity contribution in [1.29, 1.82) is 0 Å². The summed E-state index contributed by atoms with van der Waals surface area (Å²) in [5, 5.41) is 2.70. The monoisotopic (exact) mass is 392 g/mol. The van der Waals surface area contributed by atoms with Crippen LogP contribution < -0.4 is 5.32 Å². The van der Waals surface area contributed by atoms with E-state index in [1.54, 1.807) is 36.5 Å². The average molecular weight is 392 g/mol. The zero-order valence-electron chi connectivity index (χ0n) is 15.1. The van der Waals surface area contributed by atoms with E-state index < -0.39 is 17.6 Å². The Labute approximate surface area is 165 Å². The lowest BCUT2D eigenvalue weighted by atomic mass is 10.1. The van der Waals surface area contributed by atoms with Gasteiger partial charge in [0.05, 0.1) is 5.56 Å². The smallest absolute Gasteiger partial charge is 0.322 e. The molecule has 29 heavy (non-hydrogen) atoms. The summed E-state index contributed by atoms with van der Waals surface area (Å²) in [5.41, 5.74) is 1.66. The highest BCUT2D eigenvalue weighted by molar-refractivity contribution is 6.02. The lowest BCUT2D eigenvalue weighted by Gasteiger charge is -2.06. The third kappa shape index (κ3) is 6.08. The molecule has 1 amide bonds. The fraction of sp³-hybridized carbons (Fsp3) is 0.0435. The molecule has 0 atom stereocenters. The number of amides is 1. The Balaban J connectivity index is 1.63. The largest absolute Gasteiger partial charge is 0.416 e. The maximum atomic E-state index is 12.6. The van der Waals surface area contributed by atoms with Gasteiger partial charge < -0.3 is 5.32 Å². The number of carbonyl (C=O) groups is 1. The first kappa shape index (κ1) is 19.9. The van der Waals surface area contributed by atoms with Crippen molar-refractivity contribution < 1.29 is 18.0 Å². The van der Waals surface area contributed by atoms with Gasteiger partial charge in [-0.1, -0.05) is 30.2 Å². The van der Waals surface area contributed by atoms with E-state index in [4.69, 9.17) is 0 Å². The first-order valence-corrected chi connectivity index (χ1v) is 8.59. The number of hydrogen-bond acceptors (Lipinski definition) is 2. The Kier molecular flexibility index (Phi) is 6.10. The third-order valence-corrected chi connectivity index (χ3v) is 3.80. The second-order valence-electron chi connectivity index (χ2n) is 5.99. The van der Waals surface area contributed by atoms with Crippen LogP contribution >= 0.6 is 0 Å². The number of nitrogens with zero attached hydrogens (tertiary/aromatic N) is 1. The van der Waals surface area contributed by atoms with Crippen LogP contribution in [0.3, 0.4) is 0 Å². The molecule has 1 heterocycles. The predicted molar refractivity (Wildman–Crippen MR) is 106 cm³/mol. The second-order valence-corrected chi connectivity index (χ2v) is 5.99. The first-order valence-electron chi connectivity index (χ1n) is 8.59. The Morgan fingerprint density at radius 2 is 1.76 bits per heavy atom. The number of anilines is 1. The Bertz CT molecular complexity index is 1080. The quantitative estimate of drug-likeness (QED) is 0.495. The van der Waals surface area contributed by atoms with E-state index in [9.17, 15) is 18.0 Å². The first-order chi connectivity index (χ1) is 13.9. The van der Waals surface area contributed by atoms with Crippen molar-refractivity contribution >= 4 is 17.7 Å². The minimum absolute atomic E-state index is 0.403. The van der Waals surface area contributed by atoms with Crippen molar-refractivity contribution in [3.05, 3.63) is 101 Å². The minimum atomic E-state index is -4.38. The highest BCUT2D eigenvalue weighted by Crippen LogP contribution is 2.29. The van der Waals surface area contributed by atoms with Crippen molar-refractivity contribution in [2.45, 2.75) is 6.18 Å². The molecule has 0 radical (unpaired) electrons. The molecule has 1 N–H and O–H groups in total. The summed E-state index contributed by atoms with van der Waals surface area (Å²) in [5.74, 6) is 5.51. The number of carbonyl (C=O) groups excluding carboxylic acids is 1. The van der Waals surface area contributed by atoms with Gasteiger partial charge in [0.15, 0.2) is 0 Å². The molecule has 3 aromatic rings. The van der Waals surface area contributed by atoms with Crippen molar-refractivity contribution in [3.63, 3.8) is 0 Å². The molecule has 0 saturated heterocycles. The Morgan fingerprint density at radius 3 is 2.45 bits per heavy atom. The van der Waals surface area contributed by atoms with E-state index in [1.807, 2.05) is 12.1 Å². The minimum Gasteiger partial charge on any atom is -0.322 e. The van der Waals surface area contributed by atoms with Gasteiger partial charge in [-0.05, 0) is 60.0 Å². The predicted octanol–water partition coefficient (Wildman–Crippen LogP) is 5.15. The lowest BCUT2D eigenvalue weighted by Crippen LogP contribution is -2.07. The maximum absolute atomic E-state index is 12.6. The molecular weight excluding hydrogens is 377 g/mol. The molecule has 0 aliphatic rings. The number of nitrogens with one attached hydrogen (secondary N) is 1. The van der Waals surface area contributed by atoms with E-state index >= 15 is 0 Å². The number of benzene rings is 2. The third-order valence-electron chi connectivity index (χ3n) is 3.80. The van der Waals surface area contributed by atoms with Gasteiger partial charge in [0, 0.05) is 23.5 Å². The zero-order valence-corrected chi connectivity index (χ0v) is 15.1. The number of alkyl halides is 3. The molecule has 1 aromatic heterocycles. The lowest BCUT2D eigenvalue weighted by molar-refractivity contribution is -0.137. The number of rotatable bonds is 3. The molecule has 3 rings (SSSR count). The van der Waals surface area contributed by atoms with E-state index in [2.05, 4.69) is 22.1 Å². The molecule has 0 fully saturated rings. The summed E-state index contributed by atoms with van der Waals surface area (Å²) >= 11 is 0. The van der Waals surface area contributed by atoms with Crippen LogP contribution in [-0.4, -0.2) is 10.9 Å². The van der Waals surface area contributed by atoms with Gasteiger partial charge in [-0.3, -0.25) is 4.79 Å². The van der Waals surface area contributed by atoms with E-state index in [0.29, 0.717) is 22.5 Å². The normalized spacial score (nSPS) is 11.0. The van der Waals surface area contributed by atoms with Crippen LogP contribution in [0.2, 0.25) is 0 Å². The van der Waals surface area contributed by atoms with Crippen LogP contribution in [0.1, 0.15) is 22.4 Å². The summed E-state index contributed by atoms with van der Waals surface area (Å²) in [6.45, 7) is 0. The standard InChI is InChI=1S/C23H15F3N2O/c24-23(25,26)19-11-7-17(8-12-19)10-14-22(29)28-21-6-3-4-18(16-21)9-13-20-5-1-2-15-27-20/h1-8,10-12,14-16H,(H,28,29)/b14-10+. The van der Waals surface area contributed by atoms with E-state index in [0.717, 1.165) is 12.1 Å². The van der Waals surface area contributed by atoms with Gasteiger partial charge in [-0.25, -0.2) is 4.98 Å². The van der Waals surface area contributed by atoms with Gasteiger partial charge in [0.1, 0.15) is 5.69 Å². The molecule has 0 aliphatic heterocycles. The number of halogens is 3. The van der Waals surface area contributed by atoms with Crippen molar-refractivity contribution in [2.75, 3.05) is 5.32 Å². The fourth-order valence-electron chi connectivity index (χ4n) is 2.39. The van der Waals surface area contributed by atoms with Crippen molar-refractivity contribution in [3.8, 4) is 11.8 Å². The van der Waals surface area contributed by atoms with Crippen molar-refractivity contribution in [1.82, 2.24) is 4.98 Å². The van der Waals surface area contributed by atoms with Gasteiger partial charge in [0.2, 0.25) is 5.91 Å². The molecule has 0 bridgehead atoms. The molecule has 0 spiro atoms. The van der Waals surface area contributed by atoms with Crippen LogP contribution in [0.4, 0.5) is 18.9 Å². The van der Waals surface area contributed by atoms with Gasteiger partial charge >= 0.3 is 6.18 Å². The van der Waals surface area contributed by atoms with Crippen LogP contribution in [-0.2, 0) is 11.0 Å². The molecule has 0 unspecified atom stereocenters. The number of hydrogen-bond donors (Lipinski definition) is 1. The number of pyridine rings is 1. The van der Waals surface area contributed by atoms with Gasteiger partial charge in [0.25, 0.3) is 0 Å². The van der Waals surface area contributed by atoms with E-state index in [-0.39, 0.29) is 0 Å². The molecule has 0 aliphatic carbocycles. The number of aromatic nitrogens is 1. The average Bonchev–Trinajstić information content (AvgIpc) is 2.71. The summed E-state index contributed by atoms with van der Waals surface area (Å²) in [7, 11) is 0. The van der Waals surface area contributed by atoms with Gasteiger partial charge in [-0.15, -0.1) is 0 Å². The molecular formula is C23H15F3N2O. The van der Waals surface area contributed by atoms with Gasteiger partial charge in [-0.2, -0.15) is 13.2 Å². The molecule has 144 valence electrons. The highest BCUT2D eigenvalue weighted by atomic mass is 19.4. The summed E-state index contributed by atoms with van der Waals surface area (Å²) in [6, 6.07) is 17.0. The van der Waals surface area contributed by atoms with Crippen molar-refractivity contribution in [2.24, 2.45) is 0 Å². The Morgan fingerprint density at radius 1 is 0.966 bits per heavy atom. The topological polar surface area (TPSA) is 42.0 Å². The SMILES string of the molecule is O=C(/C=C/c1ccc(C(F)(F)F)cc1)Nc1cccc(C#Cc2ccccn2)c1. The summed E-state index contributed by atoms with van der Waals surface area (Å²) < 4.78 is 37.7. The Hall–Kier alpha value is -3.85. The molecule has 0 saturated carbocycles. The zero-order chi connectivity index (χ0) is 20.7. The summed E-state index contributed by atoms with van der Waals surface area (Å²) in [4.78, 5) is 16.2. The summed E-state index contributed by atoms with van der Waals surface area (Å²) in [6.07, 6.45) is -0.0250. The molecule has 2 aromatic carbocycles.